The summed E-state index contributed by atoms with van der Waals surface area (Å²) in [5.74, 6) is 0. The number of aromatic nitrogens is 1. The summed E-state index contributed by atoms with van der Waals surface area (Å²) < 4.78 is 0.992. The number of thiazole rings is 1. The topological polar surface area (TPSA) is 59.1 Å². The maximum Gasteiger partial charge on any atom is 0.0955 e. The van der Waals surface area contributed by atoms with Crippen LogP contribution in [0.2, 0.25) is 0 Å². The molecule has 1 aromatic heterocycles. The summed E-state index contributed by atoms with van der Waals surface area (Å²) in [6.45, 7) is 1.78. The quantitative estimate of drug-likeness (QED) is 0.847. The van der Waals surface area contributed by atoms with Gasteiger partial charge >= 0.3 is 0 Å². The first kappa shape index (κ1) is 10.1. The van der Waals surface area contributed by atoms with Gasteiger partial charge in [-0.25, -0.2) is 4.98 Å². The second kappa shape index (κ2) is 3.83. The number of aliphatic hydroxyl groups excluding tert-OH is 1. The highest BCUT2D eigenvalue weighted by Crippen LogP contribution is 2.21. The SMILES string of the molecule is CC(N)(CO)Cc1ncc(Br)s1. The van der Waals surface area contributed by atoms with Crippen LogP contribution in [-0.4, -0.2) is 22.2 Å². The molecule has 0 bridgehead atoms. The van der Waals surface area contributed by atoms with Gasteiger partial charge in [-0.15, -0.1) is 11.3 Å². The molecule has 0 amide bonds. The lowest BCUT2D eigenvalue weighted by molar-refractivity contribution is 0.208. The third-order valence-electron chi connectivity index (χ3n) is 1.44. The first-order chi connectivity index (χ1) is 5.53. The molecule has 0 spiro atoms. The van der Waals surface area contributed by atoms with E-state index in [-0.39, 0.29) is 6.61 Å². The van der Waals surface area contributed by atoms with Crippen molar-refractivity contribution in [2.45, 2.75) is 18.9 Å². The number of halogens is 1. The van der Waals surface area contributed by atoms with E-state index in [1.54, 1.807) is 17.5 Å². The number of hydrogen-bond acceptors (Lipinski definition) is 4. The fourth-order valence-corrected chi connectivity index (χ4v) is 2.27. The molecule has 1 rings (SSSR count). The fourth-order valence-electron chi connectivity index (χ4n) is 0.771. The molecule has 0 aliphatic rings. The minimum Gasteiger partial charge on any atom is -0.394 e. The second-order valence-electron chi connectivity index (χ2n) is 3.05. The van der Waals surface area contributed by atoms with Gasteiger partial charge in [0.25, 0.3) is 0 Å². The van der Waals surface area contributed by atoms with E-state index in [0.29, 0.717) is 6.42 Å². The fraction of sp³-hybridized carbons (Fsp3) is 0.571. The average Bonchev–Trinajstić information content (AvgIpc) is 2.35. The Morgan fingerprint density at radius 3 is 2.92 bits per heavy atom. The Labute approximate surface area is 83.8 Å². The van der Waals surface area contributed by atoms with Crippen LogP contribution in [0.4, 0.5) is 0 Å². The summed E-state index contributed by atoms with van der Waals surface area (Å²) in [4.78, 5) is 4.13. The molecule has 3 nitrogen and oxygen atoms in total. The number of aliphatic hydroxyl groups is 1. The zero-order valence-corrected chi connectivity index (χ0v) is 9.15. The zero-order chi connectivity index (χ0) is 9.19. The van der Waals surface area contributed by atoms with E-state index in [1.165, 1.54) is 0 Å². The van der Waals surface area contributed by atoms with E-state index in [9.17, 15) is 0 Å². The van der Waals surface area contributed by atoms with Crippen molar-refractivity contribution in [1.29, 1.82) is 0 Å². The molecule has 68 valence electrons. The number of nitrogens with zero attached hydrogens (tertiary/aromatic N) is 1. The molecule has 1 heterocycles. The predicted octanol–water partition coefficient (Wildman–Crippen LogP) is 1.16. The van der Waals surface area contributed by atoms with E-state index >= 15 is 0 Å². The summed E-state index contributed by atoms with van der Waals surface area (Å²) in [5, 5.41) is 9.85. The molecule has 0 saturated carbocycles. The van der Waals surface area contributed by atoms with Gasteiger partial charge in [0.1, 0.15) is 0 Å². The van der Waals surface area contributed by atoms with Gasteiger partial charge < -0.3 is 10.8 Å². The number of hydrogen-bond donors (Lipinski definition) is 2. The molecule has 12 heavy (non-hydrogen) atoms. The van der Waals surface area contributed by atoms with Crippen LogP contribution >= 0.6 is 27.3 Å². The molecule has 0 aliphatic carbocycles. The molecule has 1 aromatic rings. The average molecular weight is 251 g/mol. The standard InChI is InChI=1S/C7H11BrN2OS/c1-7(9,4-11)2-6-10-3-5(8)12-6/h3,11H,2,4,9H2,1H3. The summed E-state index contributed by atoms with van der Waals surface area (Å²) in [5.41, 5.74) is 5.20. The van der Waals surface area contributed by atoms with Gasteiger partial charge in [0.15, 0.2) is 0 Å². The van der Waals surface area contributed by atoms with Crippen molar-refractivity contribution >= 4 is 27.3 Å². The van der Waals surface area contributed by atoms with Crippen LogP contribution in [-0.2, 0) is 6.42 Å². The lowest BCUT2D eigenvalue weighted by atomic mass is 10.0. The minimum absolute atomic E-state index is 0.0236. The van der Waals surface area contributed by atoms with E-state index in [0.717, 1.165) is 8.79 Å². The van der Waals surface area contributed by atoms with Crippen LogP contribution in [0.15, 0.2) is 9.98 Å². The highest BCUT2D eigenvalue weighted by atomic mass is 79.9. The summed E-state index contributed by atoms with van der Waals surface area (Å²) in [7, 11) is 0. The Bertz CT molecular complexity index is 262. The molecule has 0 fully saturated rings. The lowest BCUT2D eigenvalue weighted by Gasteiger charge is -2.19. The van der Waals surface area contributed by atoms with E-state index < -0.39 is 5.54 Å². The first-order valence-electron chi connectivity index (χ1n) is 3.53. The van der Waals surface area contributed by atoms with Crippen LogP contribution in [0.3, 0.4) is 0 Å². The Balaban J connectivity index is 2.63. The third-order valence-corrected chi connectivity index (χ3v) is 2.92. The largest absolute Gasteiger partial charge is 0.394 e. The Hall–Kier alpha value is 0.0300. The molecule has 1 unspecified atom stereocenters. The number of nitrogens with two attached hydrogens (primary N) is 1. The minimum atomic E-state index is -0.558. The van der Waals surface area contributed by atoms with Crippen LogP contribution < -0.4 is 5.73 Å². The van der Waals surface area contributed by atoms with Crippen molar-refractivity contribution in [1.82, 2.24) is 4.98 Å². The van der Waals surface area contributed by atoms with Crippen LogP contribution in [0.5, 0.6) is 0 Å². The zero-order valence-electron chi connectivity index (χ0n) is 6.75. The van der Waals surface area contributed by atoms with E-state index in [1.807, 2.05) is 6.92 Å². The summed E-state index contributed by atoms with van der Waals surface area (Å²) in [6, 6.07) is 0. The van der Waals surface area contributed by atoms with Crippen molar-refractivity contribution in [2.75, 3.05) is 6.61 Å². The monoisotopic (exact) mass is 250 g/mol. The smallest absolute Gasteiger partial charge is 0.0955 e. The summed E-state index contributed by atoms with van der Waals surface area (Å²) in [6.07, 6.45) is 2.35. The van der Waals surface area contributed by atoms with Crippen LogP contribution in [0, 0.1) is 0 Å². The van der Waals surface area contributed by atoms with Gasteiger partial charge in [-0.1, -0.05) is 0 Å². The lowest BCUT2D eigenvalue weighted by Crippen LogP contribution is -2.42. The molecule has 0 saturated heterocycles. The van der Waals surface area contributed by atoms with Crippen LogP contribution in [0.1, 0.15) is 11.9 Å². The maximum atomic E-state index is 8.90. The first-order valence-corrected chi connectivity index (χ1v) is 5.14. The molecule has 1 atom stereocenters. The van der Waals surface area contributed by atoms with E-state index in [2.05, 4.69) is 20.9 Å². The molecule has 0 aliphatic heterocycles. The predicted molar refractivity (Wildman–Crippen MR) is 53.2 cm³/mol. The molecule has 0 radical (unpaired) electrons. The Kier molecular flexibility index (Phi) is 3.22. The van der Waals surface area contributed by atoms with Crippen molar-refractivity contribution < 1.29 is 5.11 Å². The third kappa shape index (κ3) is 2.82. The number of rotatable bonds is 3. The van der Waals surface area contributed by atoms with Crippen LogP contribution in [0.25, 0.3) is 0 Å². The molecular weight excluding hydrogens is 240 g/mol. The molecule has 0 aromatic carbocycles. The highest BCUT2D eigenvalue weighted by Gasteiger charge is 2.19. The molecular formula is C7H11BrN2OS. The van der Waals surface area contributed by atoms with Crippen molar-refractivity contribution in [3.05, 3.63) is 15.0 Å². The molecule has 5 heteroatoms. The Morgan fingerprint density at radius 2 is 2.50 bits per heavy atom. The highest BCUT2D eigenvalue weighted by molar-refractivity contribution is 9.11. The Morgan fingerprint density at radius 1 is 1.83 bits per heavy atom. The molecule has 3 N–H and O–H groups in total. The second-order valence-corrected chi connectivity index (χ2v) is 5.54. The van der Waals surface area contributed by atoms with Crippen molar-refractivity contribution in [3.63, 3.8) is 0 Å². The van der Waals surface area contributed by atoms with Gasteiger partial charge in [-0.2, -0.15) is 0 Å². The van der Waals surface area contributed by atoms with Crippen molar-refractivity contribution in [2.24, 2.45) is 5.73 Å². The van der Waals surface area contributed by atoms with E-state index in [4.69, 9.17) is 10.8 Å². The van der Waals surface area contributed by atoms with Gasteiger partial charge in [-0.05, 0) is 22.9 Å². The van der Waals surface area contributed by atoms with Crippen molar-refractivity contribution in [3.8, 4) is 0 Å². The summed E-state index contributed by atoms with van der Waals surface area (Å²) >= 11 is 4.86. The van der Waals surface area contributed by atoms with Gasteiger partial charge in [0.2, 0.25) is 0 Å². The van der Waals surface area contributed by atoms with Gasteiger partial charge in [-0.3, -0.25) is 0 Å². The normalized spacial score (nSPS) is 16.0. The van der Waals surface area contributed by atoms with Gasteiger partial charge in [0.05, 0.1) is 21.6 Å². The van der Waals surface area contributed by atoms with Gasteiger partial charge in [0, 0.05) is 12.0 Å². The maximum absolute atomic E-state index is 8.90.